The molecule has 6 nitrogen and oxygen atoms in total. The maximum absolute atomic E-state index is 4.88. The first kappa shape index (κ1) is 23.1. The Kier molecular flexibility index (Phi) is 8.75. The molecule has 1 atom stereocenters. The third-order valence-corrected chi connectivity index (χ3v) is 5.41. The molecule has 4 rings (SSSR count). The fourth-order valence-electron chi connectivity index (χ4n) is 3.86. The highest BCUT2D eigenvalue weighted by molar-refractivity contribution is 14.0. The largest absolute Gasteiger partial charge is 0.369 e. The van der Waals surface area contributed by atoms with Crippen LogP contribution in [0.4, 0.5) is 5.69 Å². The van der Waals surface area contributed by atoms with Gasteiger partial charge in [0.2, 0.25) is 0 Å². The molecule has 0 saturated carbocycles. The van der Waals surface area contributed by atoms with Gasteiger partial charge in [-0.05, 0) is 42.7 Å². The van der Waals surface area contributed by atoms with E-state index in [-0.39, 0.29) is 24.0 Å². The molecule has 2 aromatic carbocycles. The van der Waals surface area contributed by atoms with Crippen LogP contribution in [0.2, 0.25) is 0 Å². The minimum absolute atomic E-state index is 0. The average Bonchev–Trinajstić information content (AvgIpc) is 3.46. The molecule has 7 heteroatoms. The van der Waals surface area contributed by atoms with Crippen molar-refractivity contribution in [3.8, 4) is 0 Å². The highest BCUT2D eigenvalue weighted by atomic mass is 127. The van der Waals surface area contributed by atoms with Crippen molar-refractivity contribution in [3.63, 3.8) is 0 Å². The Morgan fingerprint density at radius 1 is 1.06 bits per heavy atom. The van der Waals surface area contributed by atoms with E-state index < -0.39 is 0 Å². The molecular weight excluding hydrogens is 499 g/mol. The van der Waals surface area contributed by atoms with Gasteiger partial charge in [-0.2, -0.15) is 5.10 Å². The number of benzene rings is 2. The van der Waals surface area contributed by atoms with E-state index in [2.05, 4.69) is 82.2 Å². The van der Waals surface area contributed by atoms with Gasteiger partial charge in [0.05, 0.1) is 13.1 Å². The molecule has 3 aromatic rings. The van der Waals surface area contributed by atoms with Crippen molar-refractivity contribution < 1.29 is 0 Å². The second kappa shape index (κ2) is 11.7. The number of rotatable bonds is 7. The summed E-state index contributed by atoms with van der Waals surface area (Å²) in [5, 5.41) is 11.4. The Morgan fingerprint density at radius 3 is 2.58 bits per heavy atom. The Hall–Kier alpha value is -2.55. The van der Waals surface area contributed by atoms with Crippen molar-refractivity contribution in [2.45, 2.75) is 32.5 Å². The predicted octanol–water partition coefficient (Wildman–Crippen LogP) is 3.88. The van der Waals surface area contributed by atoms with E-state index in [0.29, 0.717) is 12.6 Å². The second-order valence-corrected chi connectivity index (χ2v) is 7.58. The molecule has 0 spiro atoms. The summed E-state index contributed by atoms with van der Waals surface area (Å²) < 4.78 is 1.95. The van der Waals surface area contributed by atoms with Crippen molar-refractivity contribution in [3.05, 3.63) is 84.2 Å². The Bertz CT molecular complexity index is 942. The molecule has 0 bridgehead atoms. The van der Waals surface area contributed by atoms with E-state index in [1.165, 1.54) is 16.8 Å². The minimum atomic E-state index is 0. The van der Waals surface area contributed by atoms with E-state index in [1.807, 2.05) is 23.1 Å². The maximum atomic E-state index is 4.88. The summed E-state index contributed by atoms with van der Waals surface area (Å²) >= 11 is 0. The normalized spacial score (nSPS) is 16.1. The summed E-state index contributed by atoms with van der Waals surface area (Å²) in [6.07, 6.45) is 4.91. The number of nitrogens with zero attached hydrogens (tertiary/aromatic N) is 4. The second-order valence-electron chi connectivity index (χ2n) is 7.58. The van der Waals surface area contributed by atoms with Gasteiger partial charge in [0, 0.05) is 43.8 Å². The standard InChI is InChI=1S/C24H30N6.HI/c1-2-25-24(28-22-13-16-29(19-22)23-11-4-3-5-12-23)26-17-20-9-6-7-10-21(20)18-30-15-8-14-27-30;/h3-12,14-15,22H,2,13,16-19H2,1H3,(H2,25,26,28);1H. The molecule has 164 valence electrons. The molecule has 1 aliphatic heterocycles. The highest BCUT2D eigenvalue weighted by Gasteiger charge is 2.23. The summed E-state index contributed by atoms with van der Waals surface area (Å²) in [6.45, 7) is 6.40. The quantitative estimate of drug-likeness (QED) is 0.277. The van der Waals surface area contributed by atoms with E-state index in [0.717, 1.165) is 38.6 Å². The number of aliphatic imine (C=N–C) groups is 1. The smallest absolute Gasteiger partial charge is 0.191 e. The molecule has 2 heterocycles. The molecule has 1 aromatic heterocycles. The zero-order valence-corrected chi connectivity index (χ0v) is 20.3. The van der Waals surface area contributed by atoms with Crippen LogP contribution in [0.1, 0.15) is 24.5 Å². The monoisotopic (exact) mass is 530 g/mol. The van der Waals surface area contributed by atoms with Gasteiger partial charge in [0.15, 0.2) is 5.96 Å². The number of nitrogens with one attached hydrogen (secondary N) is 2. The summed E-state index contributed by atoms with van der Waals surface area (Å²) in [6, 6.07) is 21.4. The molecule has 1 saturated heterocycles. The first-order valence-electron chi connectivity index (χ1n) is 10.7. The van der Waals surface area contributed by atoms with Crippen LogP contribution in [0.3, 0.4) is 0 Å². The highest BCUT2D eigenvalue weighted by Crippen LogP contribution is 2.19. The number of hydrogen-bond acceptors (Lipinski definition) is 3. The van der Waals surface area contributed by atoms with Crippen molar-refractivity contribution in [2.24, 2.45) is 4.99 Å². The molecule has 0 aliphatic carbocycles. The minimum Gasteiger partial charge on any atom is -0.369 e. The number of para-hydroxylation sites is 1. The number of guanidine groups is 1. The van der Waals surface area contributed by atoms with E-state index in [1.54, 1.807) is 0 Å². The number of aromatic nitrogens is 2. The molecule has 0 amide bonds. The summed E-state index contributed by atoms with van der Waals surface area (Å²) in [5.74, 6) is 0.881. The molecule has 1 unspecified atom stereocenters. The third kappa shape index (κ3) is 6.46. The van der Waals surface area contributed by atoms with Crippen LogP contribution in [-0.2, 0) is 13.1 Å². The molecule has 1 fully saturated rings. The lowest BCUT2D eigenvalue weighted by molar-refractivity contribution is 0.648. The Balaban J connectivity index is 0.00000272. The zero-order valence-electron chi connectivity index (χ0n) is 17.9. The van der Waals surface area contributed by atoms with Crippen LogP contribution < -0.4 is 15.5 Å². The Labute approximate surface area is 201 Å². The van der Waals surface area contributed by atoms with Gasteiger partial charge < -0.3 is 15.5 Å². The number of anilines is 1. The van der Waals surface area contributed by atoms with Gasteiger partial charge in [-0.25, -0.2) is 4.99 Å². The first-order valence-corrected chi connectivity index (χ1v) is 10.7. The fourth-order valence-corrected chi connectivity index (χ4v) is 3.86. The van der Waals surface area contributed by atoms with Crippen LogP contribution in [0, 0.1) is 0 Å². The third-order valence-electron chi connectivity index (χ3n) is 5.41. The lowest BCUT2D eigenvalue weighted by Crippen LogP contribution is -2.44. The predicted molar refractivity (Wildman–Crippen MR) is 138 cm³/mol. The lowest BCUT2D eigenvalue weighted by atomic mass is 10.1. The van der Waals surface area contributed by atoms with Crippen LogP contribution in [0.25, 0.3) is 0 Å². The van der Waals surface area contributed by atoms with E-state index in [9.17, 15) is 0 Å². The zero-order chi connectivity index (χ0) is 20.6. The topological polar surface area (TPSA) is 57.5 Å². The van der Waals surface area contributed by atoms with Gasteiger partial charge in [0.1, 0.15) is 0 Å². The van der Waals surface area contributed by atoms with Gasteiger partial charge in [-0.15, -0.1) is 24.0 Å². The SMILES string of the molecule is CCNC(=NCc1ccccc1Cn1cccn1)NC1CCN(c2ccccc2)C1.I. The van der Waals surface area contributed by atoms with E-state index in [4.69, 9.17) is 4.99 Å². The average molecular weight is 530 g/mol. The van der Waals surface area contributed by atoms with Gasteiger partial charge >= 0.3 is 0 Å². The summed E-state index contributed by atoms with van der Waals surface area (Å²) in [7, 11) is 0. The van der Waals surface area contributed by atoms with Crippen LogP contribution in [-0.4, -0.2) is 41.4 Å². The van der Waals surface area contributed by atoms with Crippen molar-refractivity contribution in [2.75, 3.05) is 24.5 Å². The molecule has 0 radical (unpaired) electrons. The number of hydrogen-bond donors (Lipinski definition) is 2. The lowest BCUT2D eigenvalue weighted by Gasteiger charge is -2.20. The van der Waals surface area contributed by atoms with Crippen LogP contribution in [0.15, 0.2) is 78.0 Å². The summed E-state index contributed by atoms with van der Waals surface area (Å²) in [5.41, 5.74) is 3.76. The van der Waals surface area contributed by atoms with E-state index >= 15 is 0 Å². The fraction of sp³-hybridized carbons (Fsp3) is 0.333. The van der Waals surface area contributed by atoms with Gasteiger partial charge in [-0.1, -0.05) is 42.5 Å². The first-order chi connectivity index (χ1) is 14.8. The van der Waals surface area contributed by atoms with Crippen molar-refractivity contribution >= 4 is 35.6 Å². The summed E-state index contributed by atoms with van der Waals surface area (Å²) in [4.78, 5) is 7.31. The molecule has 1 aliphatic rings. The maximum Gasteiger partial charge on any atom is 0.191 e. The van der Waals surface area contributed by atoms with Crippen LogP contribution >= 0.6 is 24.0 Å². The molecule has 2 N–H and O–H groups in total. The molecule has 31 heavy (non-hydrogen) atoms. The van der Waals surface area contributed by atoms with Gasteiger partial charge in [-0.3, -0.25) is 4.68 Å². The molecular formula is C24H31IN6. The van der Waals surface area contributed by atoms with Crippen molar-refractivity contribution in [1.82, 2.24) is 20.4 Å². The number of halogens is 1. The van der Waals surface area contributed by atoms with Crippen LogP contribution in [0.5, 0.6) is 0 Å². The Morgan fingerprint density at radius 2 is 1.84 bits per heavy atom. The van der Waals surface area contributed by atoms with Crippen molar-refractivity contribution in [1.29, 1.82) is 0 Å². The van der Waals surface area contributed by atoms with Gasteiger partial charge in [0.25, 0.3) is 0 Å².